The highest BCUT2D eigenvalue weighted by atomic mass is 16.5. The molecule has 6 nitrogen and oxygen atoms in total. The summed E-state index contributed by atoms with van der Waals surface area (Å²) in [5, 5.41) is 3.92. The van der Waals surface area contributed by atoms with Crippen molar-refractivity contribution in [2.45, 2.75) is 6.54 Å². The molecule has 1 aromatic carbocycles. The van der Waals surface area contributed by atoms with Crippen molar-refractivity contribution in [2.24, 2.45) is 7.05 Å². The third kappa shape index (κ3) is 2.55. The molecule has 106 valence electrons. The van der Waals surface area contributed by atoms with Gasteiger partial charge in [0.1, 0.15) is 5.69 Å². The van der Waals surface area contributed by atoms with Crippen LogP contribution < -0.4 is 11.2 Å². The molecule has 0 aliphatic heterocycles. The molecule has 2 aromatic heterocycles. The SMILES string of the molecule is Cn1ccc(=O)n(Cc2cc(-c3ccccc3)on2)c1=O. The Balaban J connectivity index is 1.94. The van der Waals surface area contributed by atoms with Crippen molar-refractivity contribution in [3.63, 3.8) is 0 Å². The van der Waals surface area contributed by atoms with Crippen LogP contribution in [0.1, 0.15) is 5.69 Å². The summed E-state index contributed by atoms with van der Waals surface area (Å²) in [6, 6.07) is 12.6. The molecule has 0 N–H and O–H groups in total. The fraction of sp³-hybridized carbons (Fsp3) is 0.133. The van der Waals surface area contributed by atoms with Gasteiger partial charge >= 0.3 is 5.69 Å². The fourth-order valence-electron chi connectivity index (χ4n) is 2.05. The number of hydrogen-bond donors (Lipinski definition) is 0. The first-order valence-corrected chi connectivity index (χ1v) is 6.42. The summed E-state index contributed by atoms with van der Waals surface area (Å²) in [6.07, 6.45) is 1.44. The summed E-state index contributed by atoms with van der Waals surface area (Å²) < 4.78 is 7.72. The predicted octanol–water partition coefficient (Wildman–Crippen LogP) is 1.25. The highest BCUT2D eigenvalue weighted by Crippen LogP contribution is 2.19. The zero-order valence-corrected chi connectivity index (χ0v) is 11.4. The Bertz CT molecular complexity index is 875. The summed E-state index contributed by atoms with van der Waals surface area (Å²) >= 11 is 0. The molecule has 0 aliphatic carbocycles. The van der Waals surface area contributed by atoms with E-state index >= 15 is 0 Å². The zero-order chi connectivity index (χ0) is 14.8. The molecule has 0 unspecified atom stereocenters. The largest absolute Gasteiger partial charge is 0.356 e. The first kappa shape index (κ1) is 13.1. The van der Waals surface area contributed by atoms with E-state index in [2.05, 4.69) is 5.16 Å². The highest BCUT2D eigenvalue weighted by Gasteiger charge is 2.10. The molecule has 21 heavy (non-hydrogen) atoms. The van der Waals surface area contributed by atoms with Crippen LogP contribution in [-0.4, -0.2) is 14.3 Å². The van der Waals surface area contributed by atoms with Crippen LogP contribution in [0.3, 0.4) is 0 Å². The van der Waals surface area contributed by atoms with Gasteiger partial charge in [0.2, 0.25) is 0 Å². The Morgan fingerprint density at radius 3 is 2.67 bits per heavy atom. The summed E-state index contributed by atoms with van der Waals surface area (Å²) in [4.78, 5) is 23.7. The molecular formula is C15H13N3O3. The Labute approximate surface area is 119 Å². The van der Waals surface area contributed by atoms with Gasteiger partial charge in [0, 0.05) is 30.9 Å². The molecule has 6 heteroatoms. The van der Waals surface area contributed by atoms with Gasteiger partial charge in [-0.25, -0.2) is 4.79 Å². The van der Waals surface area contributed by atoms with Crippen molar-refractivity contribution in [3.05, 3.63) is 75.2 Å². The lowest BCUT2D eigenvalue weighted by Crippen LogP contribution is -2.38. The van der Waals surface area contributed by atoms with E-state index in [9.17, 15) is 9.59 Å². The van der Waals surface area contributed by atoms with Gasteiger partial charge in [0.25, 0.3) is 5.56 Å². The van der Waals surface area contributed by atoms with Gasteiger partial charge in [-0.2, -0.15) is 0 Å². The molecule has 0 atom stereocenters. The van der Waals surface area contributed by atoms with E-state index in [0.717, 1.165) is 10.1 Å². The highest BCUT2D eigenvalue weighted by molar-refractivity contribution is 5.56. The molecule has 0 amide bonds. The number of benzene rings is 1. The Morgan fingerprint density at radius 2 is 1.90 bits per heavy atom. The van der Waals surface area contributed by atoms with Gasteiger partial charge in [-0.05, 0) is 0 Å². The molecule has 2 heterocycles. The molecular weight excluding hydrogens is 270 g/mol. The van der Waals surface area contributed by atoms with Gasteiger partial charge in [0.05, 0.1) is 6.54 Å². The normalized spacial score (nSPS) is 10.7. The molecule has 0 bridgehead atoms. The van der Waals surface area contributed by atoms with E-state index < -0.39 is 0 Å². The van der Waals surface area contributed by atoms with Gasteiger partial charge < -0.3 is 9.09 Å². The first-order valence-electron chi connectivity index (χ1n) is 6.42. The number of nitrogens with zero attached hydrogens (tertiary/aromatic N) is 3. The third-order valence-corrected chi connectivity index (χ3v) is 3.18. The van der Waals surface area contributed by atoms with Crippen molar-refractivity contribution in [2.75, 3.05) is 0 Å². The number of aryl methyl sites for hydroxylation is 1. The molecule has 0 spiro atoms. The molecule has 0 radical (unpaired) electrons. The molecule has 0 aliphatic rings. The van der Waals surface area contributed by atoms with E-state index in [1.807, 2.05) is 30.3 Å². The van der Waals surface area contributed by atoms with Gasteiger partial charge in [0.15, 0.2) is 5.76 Å². The monoisotopic (exact) mass is 283 g/mol. The van der Waals surface area contributed by atoms with E-state index in [1.54, 1.807) is 13.1 Å². The van der Waals surface area contributed by atoms with Crippen LogP contribution in [0.4, 0.5) is 0 Å². The quantitative estimate of drug-likeness (QED) is 0.725. The summed E-state index contributed by atoms with van der Waals surface area (Å²) in [6.45, 7) is 0.0860. The average molecular weight is 283 g/mol. The van der Waals surface area contributed by atoms with Crippen LogP contribution in [0.5, 0.6) is 0 Å². The standard InChI is InChI=1S/C15H13N3O3/c1-17-8-7-14(19)18(15(17)20)10-12-9-13(21-16-12)11-5-3-2-4-6-11/h2-9H,10H2,1H3. The Hall–Kier alpha value is -2.89. The lowest BCUT2D eigenvalue weighted by Gasteiger charge is -2.03. The molecule has 0 saturated heterocycles. The Morgan fingerprint density at radius 1 is 1.14 bits per heavy atom. The van der Waals surface area contributed by atoms with Crippen LogP contribution in [0.2, 0.25) is 0 Å². The smallest absolute Gasteiger partial charge is 0.331 e. The van der Waals surface area contributed by atoms with Crippen molar-refractivity contribution >= 4 is 0 Å². The van der Waals surface area contributed by atoms with E-state index in [4.69, 9.17) is 4.52 Å². The van der Waals surface area contributed by atoms with Crippen LogP contribution in [0, 0.1) is 0 Å². The van der Waals surface area contributed by atoms with Crippen molar-refractivity contribution in [1.82, 2.24) is 14.3 Å². The van der Waals surface area contributed by atoms with Crippen LogP contribution in [0.15, 0.2) is 62.8 Å². The maximum Gasteiger partial charge on any atom is 0.331 e. The maximum atomic E-state index is 11.9. The summed E-state index contributed by atoms with van der Waals surface area (Å²) in [5.74, 6) is 0.603. The van der Waals surface area contributed by atoms with Crippen LogP contribution in [-0.2, 0) is 13.6 Å². The molecule has 0 fully saturated rings. The summed E-state index contributed by atoms with van der Waals surface area (Å²) in [7, 11) is 1.59. The second-order valence-corrected chi connectivity index (χ2v) is 4.68. The average Bonchev–Trinajstić information content (AvgIpc) is 2.97. The van der Waals surface area contributed by atoms with Gasteiger partial charge in [-0.15, -0.1) is 0 Å². The third-order valence-electron chi connectivity index (χ3n) is 3.18. The minimum Gasteiger partial charge on any atom is -0.356 e. The van der Waals surface area contributed by atoms with Gasteiger partial charge in [-0.3, -0.25) is 9.36 Å². The Kier molecular flexibility index (Phi) is 3.27. The summed E-state index contributed by atoms with van der Waals surface area (Å²) in [5.41, 5.74) is 0.679. The van der Waals surface area contributed by atoms with Crippen molar-refractivity contribution in [3.8, 4) is 11.3 Å². The number of rotatable bonds is 3. The van der Waals surface area contributed by atoms with Gasteiger partial charge in [-0.1, -0.05) is 35.5 Å². The van der Waals surface area contributed by atoms with E-state index in [-0.39, 0.29) is 17.8 Å². The molecule has 0 saturated carbocycles. The van der Waals surface area contributed by atoms with E-state index in [1.165, 1.54) is 16.8 Å². The maximum absolute atomic E-state index is 11.9. The molecule has 3 rings (SSSR count). The predicted molar refractivity (Wildman–Crippen MR) is 77.0 cm³/mol. The lowest BCUT2D eigenvalue weighted by molar-refractivity contribution is 0.419. The fourth-order valence-corrected chi connectivity index (χ4v) is 2.05. The van der Waals surface area contributed by atoms with Crippen LogP contribution in [0.25, 0.3) is 11.3 Å². The van der Waals surface area contributed by atoms with Crippen molar-refractivity contribution in [1.29, 1.82) is 0 Å². The minimum atomic E-state index is -0.383. The zero-order valence-electron chi connectivity index (χ0n) is 11.4. The number of aromatic nitrogens is 3. The van der Waals surface area contributed by atoms with Crippen LogP contribution >= 0.6 is 0 Å². The second-order valence-electron chi connectivity index (χ2n) is 4.68. The minimum absolute atomic E-state index is 0.0860. The first-order chi connectivity index (χ1) is 10.1. The van der Waals surface area contributed by atoms with E-state index in [0.29, 0.717) is 11.5 Å². The van der Waals surface area contributed by atoms with Crippen molar-refractivity contribution < 1.29 is 4.52 Å². The number of hydrogen-bond acceptors (Lipinski definition) is 4. The topological polar surface area (TPSA) is 70.0 Å². The second kappa shape index (κ2) is 5.24. The molecule has 3 aromatic rings. The lowest BCUT2D eigenvalue weighted by atomic mass is 10.2.